The van der Waals surface area contributed by atoms with Gasteiger partial charge in [-0.15, -0.1) is 0 Å². The monoisotopic (exact) mass is 383 g/mol. The number of halogens is 1. The molecule has 4 rings (SSSR count). The van der Waals surface area contributed by atoms with Crippen LogP contribution in [0.1, 0.15) is 24.8 Å². The number of hydrogen-bond acceptors (Lipinski definition) is 3. The summed E-state index contributed by atoms with van der Waals surface area (Å²) in [5.41, 5.74) is 1.97. The minimum absolute atomic E-state index is 0.00224. The summed E-state index contributed by atoms with van der Waals surface area (Å²) in [7, 11) is 0. The van der Waals surface area contributed by atoms with Crippen LogP contribution in [0, 0.1) is 11.3 Å². The van der Waals surface area contributed by atoms with Crippen LogP contribution in [0.15, 0.2) is 48.5 Å². The topological polar surface area (TPSA) is 76.4 Å². The second kappa shape index (κ2) is 6.98. The molecule has 1 aliphatic carbocycles. The fourth-order valence-corrected chi connectivity index (χ4v) is 4.09. The Labute approximate surface area is 163 Å². The number of aliphatic hydroxyl groups excluding tert-OH is 1. The maximum absolute atomic E-state index is 13.3. The highest BCUT2D eigenvalue weighted by atomic mass is 35.5. The summed E-state index contributed by atoms with van der Waals surface area (Å²) < 4.78 is 0. The Morgan fingerprint density at radius 2 is 1.89 bits per heavy atom. The summed E-state index contributed by atoms with van der Waals surface area (Å²) in [6.45, 7) is 0.349. The second-order valence-electron chi connectivity index (χ2n) is 7.18. The fraction of sp³-hybridized carbons (Fsp3) is 0.333. The van der Waals surface area contributed by atoms with Crippen molar-refractivity contribution < 1.29 is 9.90 Å². The Morgan fingerprint density at radius 1 is 1.19 bits per heavy atom. The second-order valence-corrected chi connectivity index (χ2v) is 7.62. The third kappa shape index (κ3) is 3.11. The molecule has 1 saturated carbocycles. The molecule has 6 heteroatoms. The van der Waals surface area contributed by atoms with E-state index in [0.717, 1.165) is 29.5 Å². The average Bonchev–Trinajstić information content (AvgIpc) is 3.48. The molecule has 1 atom stereocenters. The SMILES string of the molecule is N=C1NC(c2cccc(-c3cccc(Cl)c3)c2)(C2CC2)C(=O)N1CCCO. The highest BCUT2D eigenvalue weighted by Crippen LogP contribution is 2.49. The predicted molar refractivity (Wildman–Crippen MR) is 106 cm³/mol. The molecule has 5 nitrogen and oxygen atoms in total. The smallest absolute Gasteiger partial charge is 0.259 e. The zero-order valence-corrected chi connectivity index (χ0v) is 15.7. The predicted octanol–water partition coefficient (Wildman–Crippen LogP) is 3.36. The van der Waals surface area contributed by atoms with Gasteiger partial charge in [-0.1, -0.05) is 41.9 Å². The summed E-state index contributed by atoms with van der Waals surface area (Å²) in [6, 6.07) is 15.6. The van der Waals surface area contributed by atoms with E-state index < -0.39 is 5.54 Å². The Hall–Kier alpha value is -2.37. The molecule has 1 unspecified atom stereocenters. The van der Waals surface area contributed by atoms with Gasteiger partial charge in [-0.25, -0.2) is 0 Å². The van der Waals surface area contributed by atoms with E-state index in [9.17, 15) is 4.79 Å². The van der Waals surface area contributed by atoms with Crippen LogP contribution in [-0.4, -0.2) is 35.0 Å². The largest absolute Gasteiger partial charge is 0.396 e. The molecule has 1 amide bonds. The van der Waals surface area contributed by atoms with Gasteiger partial charge in [0.2, 0.25) is 0 Å². The van der Waals surface area contributed by atoms with Crippen molar-refractivity contribution in [2.45, 2.75) is 24.8 Å². The van der Waals surface area contributed by atoms with Crippen LogP contribution in [0.3, 0.4) is 0 Å². The summed E-state index contributed by atoms with van der Waals surface area (Å²) in [5.74, 6) is 0.208. The van der Waals surface area contributed by atoms with Gasteiger partial charge in [-0.3, -0.25) is 15.1 Å². The lowest BCUT2D eigenvalue weighted by Gasteiger charge is -2.28. The standard InChI is InChI=1S/C21H22ClN3O2/c22-18-7-2-5-15(13-18)14-4-1-6-17(12-14)21(16-8-9-16)19(27)25(10-3-11-26)20(23)24-21/h1-2,4-7,12-13,16,26H,3,8-11H2,(H2,23,24). The van der Waals surface area contributed by atoms with E-state index in [1.165, 1.54) is 4.90 Å². The van der Waals surface area contributed by atoms with E-state index in [4.69, 9.17) is 22.1 Å². The van der Waals surface area contributed by atoms with Crippen molar-refractivity contribution in [3.63, 3.8) is 0 Å². The molecular weight excluding hydrogens is 362 g/mol. The van der Waals surface area contributed by atoms with Gasteiger partial charge in [-0.05, 0) is 60.1 Å². The van der Waals surface area contributed by atoms with Crippen molar-refractivity contribution in [1.82, 2.24) is 10.2 Å². The van der Waals surface area contributed by atoms with Crippen LogP contribution in [0.2, 0.25) is 5.02 Å². The normalized spacial score (nSPS) is 22.2. The van der Waals surface area contributed by atoms with Crippen LogP contribution >= 0.6 is 11.6 Å². The van der Waals surface area contributed by atoms with Crippen LogP contribution < -0.4 is 5.32 Å². The van der Waals surface area contributed by atoms with Gasteiger partial charge in [-0.2, -0.15) is 0 Å². The first-order valence-corrected chi connectivity index (χ1v) is 9.60. The van der Waals surface area contributed by atoms with Gasteiger partial charge in [0.15, 0.2) is 5.96 Å². The van der Waals surface area contributed by atoms with E-state index in [0.29, 0.717) is 18.0 Å². The van der Waals surface area contributed by atoms with E-state index in [-0.39, 0.29) is 24.4 Å². The lowest BCUT2D eigenvalue weighted by molar-refractivity contribution is -0.132. The molecule has 0 spiro atoms. The molecule has 1 aliphatic heterocycles. The molecule has 140 valence electrons. The molecule has 0 bridgehead atoms. The fourth-order valence-electron chi connectivity index (χ4n) is 3.90. The Bertz CT molecular complexity index is 897. The zero-order chi connectivity index (χ0) is 19.0. The first-order chi connectivity index (χ1) is 13.1. The van der Waals surface area contributed by atoms with Gasteiger partial charge >= 0.3 is 0 Å². The number of amides is 1. The maximum atomic E-state index is 13.3. The highest BCUT2D eigenvalue weighted by molar-refractivity contribution is 6.30. The Kier molecular flexibility index (Phi) is 4.66. The maximum Gasteiger partial charge on any atom is 0.259 e. The van der Waals surface area contributed by atoms with Crippen LogP contribution in [0.4, 0.5) is 0 Å². The van der Waals surface area contributed by atoms with Gasteiger partial charge in [0, 0.05) is 18.2 Å². The quantitative estimate of drug-likeness (QED) is 0.715. The first-order valence-electron chi connectivity index (χ1n) is 9.22. The molecule has 1 saturated heterocycles. The number of guanidine groups is 1. The van der Waals surface area contributed by atoms with Crippen molar-refractivity contribution in [3.05, 3.63) is 59.1 Å². The van der Waals surface area contributed by atoms with Crippen molar-refractivity contribution >= 4 is 23.5 Å². The number of carbonyl (C=O) groups excluding carboxylic acids is 1. The number of carbonyl (C=O) groups is 1. The Balaban J connectivity index is 1.75. The van der Waals surface area contributed by atoms with Crippen LogP contribution in [0.5, 0.6) is 0 Å². The number of hydrogen-bond donors (Lipinski definition) is 3. The van der Waals surface area contributed by atoms with E-state index in [2.05, 4.69) is 5.32 Å². The molecule has 2 fully saturated rings. The molecule has 27 heavy (non-hydrogen) atoms. The van der Waals surface area contributed by atoms with Crippen molar-refractivity contribution in [1.29, 1.82) is 5.41 Å². The molecule has 0 aromatic heterocycles. The van der Waals surface area contributed by atoms with E-state index >= 15 is 0 Å². The lowest BCUT2D eigenvalue weighted by atomic mass is 9.83. The molecule has 2 aromatic rings. The number of nitrogens with zero attached hydrogens (tertiary/aromatic N) is 1. The Morgan fingerprint density at radius 3 is 2.56 bits per heavy atom. The van der Waals surface area contributed by atoms with Crippen LogP contribution in [0.25, 0.3) is 11.1 Å². The zero-order valence-electron chi connectivity index (χ0n) is 14.9. The molecule has 1 heterocycles. The van der Waals surface area contributed by atoms with Crippen molar-refractivity contribution in [3.8, 4) is 11.1 Å². The van der Waals surface area contributed by atoms with Crippen LogP contribution in [-0.2, 0) is 10.3 Å². The first kappa shape index (κ1) is 18.0. The summed E-state index contributed by atoms with van der Waals surface area (Å²) in [6.07, 6.45) is 2.38. The number of benzene rings is 2. The average molecular weight is 384 g/mol. The molecule has 2 aromatic carbocycles. The highest BCUT2D eigenvalue weighted by Gasteiger charge is 2.58. The third-order valence-electron chi connectivity index (χ3n) is 5.37. The van der Waals surface area contributed by atoms with Crippen molar-refractivity contribution in [2.24, 2.45) is 5.92 Å². The van der Waals surface area contributed by atoms with Gasteiger partial charge in [0.05, 0.1) is 0 Å². The van der Waals surface area contributed by atoms with Gasteiger partial charge in [0.1, 0.15) is 5.54 Å². The summed E-state index contributed by atoms with van der Waals surface area (Å²) >= 11 is 6.14. The van der Waals surface area contributed by atoms with Gasteiger partial charge < -0.3 is 10.4 Å². The minimum atomic E-state index is -0.888. The number of aliphatic hydroxyl groups is 1. The molecule has 2 aliphatic rings. The summed E-state index contributed by atoms with van der Waals surface area (Å²) in [4.78, 5) is 14.8. The third-order valence-corrected chi connectivity index (χ3v) is 5.61. The van der Waals surface area contributed by atoms with Gasteiger partial charge in [0.25, 0.3) is 5.91 Å². The minimum Gasteiger partial charge on any atom is -0.396 e. The van der Waals surface area contributed by atoms with E-state index in [1.54, 1.807) is 0 Å². The molecule has 3 N–H and O–H groups in total. The van der Waals surface area contributed by atoms with E-state index in [1.807, 2.05) is 48.5 Å². The molecule has 0 radical (unpaired) electrons. The number of rotatable bonds is 6. The number of nitrogens with one attached hydrogen (secondary N) is 2. The lowest BCUT2D eigenvalue weighted by Crippen LogP contribution is -2.46. The molecular formula is C21H22ClN3O2. The van der Waals surface area contributed by atoms with Crippen molar-refractivity contribution in [2.75, 3.05) is 13.2 Å². The summed E-state index contributed by atoms with van der Waals surface area (Å²) in [5, 5.41) is 21.3.